The van der Waals surface area contributed by atoms with Crippen molar-refractivity contribution in [2.24, 2.45) is 0 Å². The maximum atomic E-state index is 11.8. The molecule has 0 saturated carbocycles. The van der Waals surface area contributed by atoms with Gasteiger partial charge in [-0.25, -0.2) is 13.1 Å². The van der Waals surface area contributed by atoms with E-state index in [0.29, 0.717) is 5.75 Å². The van der Waals surface area contributed by atoms with Gasteiger partial charge in [0, 0.05) is 6.54 Å². The molecule has 1 heterocycles. The van der Waals surface area contributed by atoms with Crippen molar-refractivity contribution in [3.8, 4) is 5.75 Å². The summed E-state index contributed by atoms with van der Waals surface area (Å²) in [4.78, 5) is -0.0628. The van der Waals surface area contributed by atoms with Gasteiger partial charge in [0.1, 0.15) is 23.1 Å². The summed E-state index contributed by atoms with van der Waals surface area (Å²) in [6, 6.07) is 9.14. The second-order valence-electron chi connectivity index (χ2n) is 3.71. The van der Waals surface area contributed by atoms with Crippen LogP contribution in [0.2, 0.25) is 0 Å². The normalized spacial score (nSPS) is 11.4. The van der Waals surface area contributed by atoms with Crippen LogP contribution in [0.25, 0.3) is 0 Å². The van der Waals surface area contributed by atoms with E-state index in [9.17, 15) is 8.42 Å². The predicted molar refractivity (Wildman–Crippen MR) is 70.1 cm³/mol. The topological polar surface area (TPSA) is 110 Å². The predicted octanol–water partition coefficient (Wildman–Crippen LogP) is 0.349. The molecule has 2 aromatic rings. The maximum Gasteiger partial charge on any atom is 0.245 e. The molecule has 2 rings (SSSR count). The molecule has 8 heteroatoms. The van der Waals surface area contributed by atoms with Gasteiger partial charge >= 0.3 is 0 Å². The third kappa shape index (κ3) is 3.46. The number of para-hydroxylation sites is 1. The number of benzene rings is 1. The van der Waals surface area contributed by atoms with Crippen LogP contribution in [-0.2, 0) is 10.0 Å². The van der Waals surface area contributed by atoms with Gasteiger partial charge in [0.05, 0.1) is 6.20 Å². The molecule has 7 nitrogen and oxygen atoms in total. The minimum atomic E-state index is -3.65. The highest BCUT2D eigenvalue weighted by Crippen LogP contribution is 2.13. The van der Waals surface area contributed by atoms with Crippen molar-refractivity contribution in [1.82, 2.24) is 14.9 Å². The number of hydrogen-bond acceptors (Lipinski definition) is 5. The van der Waals surface area contributed by atoms with E-state index in [0.717, 1.165) is 6.20 Å². The van der Waals surface area contributed by atoms with E-state index >= 15 is 0 Å². The van der Waals surface area contributed by atoms with Crippen LogP contribution in [0.1, 0.15) is 0 Å². The van der Waals surface area contributed by atoms with E-state index in [4.69, 9.17) is 10.5 Å². The molecule has 0 fully saturated rings. The molecule has 0 spiro atoms. The first kappa shape index (κ1) is 13.4. The van der Waals surface area contributed by atoms with Gasteiger partial charge in [-0.2, -0.15) is 5.10 Å². The molecule has 1 aromatic heterocycles. The van der Waals surface area contributed by atoms with Crippen LogP contribution in [0.5, 0.6) is 5.75 Å². The Labute approximate surface area is 110 Å². The summed E-state index contributed by atoms with van der Waals surface area (Å²) in [6.45, 7) is 0.364. The first-order valence-corrected chi connectivity index (χ1v) is 7.04. The largest absolute Gasteiger partial charge is 0.492 e. The van der Waals surface area contributed by atoms with Gasteiger partial charge in [-0.1, -0.05) is 18.2 Å². The molecule has 1 aromatic carbocycles. The SMILES string of the molecule is Nc1[nH]ncc1S(=O)(=O)NCCOc1ccccc1. The Balaban J connectivity index is 1.85. The molecule has 4 N–H and O–H groups in total. The number of ether oxygens (including phenoxy) is 1. The number of sulfonamides is 1. The summed E-state index contributed by atoms with van der Waals surface area (Å²) in [5.74, 6) is 0.695. The van der Waals surface area contributed by atoms with Gasteiger partial charge in [-0.15, -0.1) is 0 Å². The second-order valence-corrected chi connectivity index (χ2v) is 5.44. The molecular formula is C11H14N4O3S. The zero-order valence-electron chi connectivity index (χ0n) is 10.0. The van der Waals surface area contributed by atoms with Gasteiger partial charge in [-0.05, 0) is 12.1 Å². The zero-order chi connectivity index (χ0) is 13.7. The number of nitrogen functional groups attached to an aromatic ring is 1. The first-order valence-electron chi connectivity index (χ1n) is 5.56. The molecule has 0 unspecified atom stereocenters. The minimum absolute atomic E-state index is 0.0106. The average Bonchev–Trinajstić information content (AvgIpc) is 2.83. The molecule has 0 aliphatic heterocycles. The molecule has 0 aliphatic carbocycles. The fourth-order valence-electron chi connectivity index (χ4n) is 1.44. The summed E-state index contributed by atoms with van der Waals surface area (Å²) in [5, 5.41) is 5.93. The lowest BCUT2D eigenvalue weighted by atomic mass is 10.3. The highest BCUT2D eigenvalue weighted by molar-refractivity contribution is 7.89. The van der Waals surface area contributed by atoms with Gasteiger partial charge in [0.25, 0.3) is 0 Å². The standard InChI is InChI=1S/C11H14N4O3S/c12-11-10(8-13-15-11)19(16,17)14-6-7-18-9-4-2-1-3-5-9/h1-5,8,14H,6-7H2,(H3,12,13,15). The van der Waals surface area contributed by atoms with Crippen LogP contribution >= 0.6 is 0 Å². The molecule has 0 saturated heterocycles. The number of nitrogens with two attached hydrogens (primary N) is 1. The van der Waals surface area contributed by atoms with E-state index in [1.165, 1.54) is 0 Å². The zero-order valence-corrected chi connectivity index (χ0v) is 10.9. The lowest BCUT2D eigenvalue weighted by Crippen LogP contribution is -2.28. The van der Waals surface area contributed by atoms with Gasteiger partial charge in [0.15, 0.2) is 0 Å². The first-order chi connectivity index (χ1) is 9.09. The Morgan fingerprint density at radius 1 is 1.32 bits per heavy atom. The average molecular weight is 282 g/mol. The van der Waals surface area contributed by atoms with Crippen molar-refractivity contribution in [3.63, 3.8) is 0 Å². The van der Waals surface area contributed by atoms with Crippen LogP contribution in [0.3, 0.4) is 0 Å². The molecule has 102 valence electrons. The van der Waals surface area contributed by atoms with Gasteiger partial charge in [-0.3, -0.25) is 5.10 Å². The summed E-state index contributed by atoms with van der Waals surface area (Å²) < 4.78 is 31.4. The Kier molecular flexibility index (Phi) is 4.03. The quantitative estimate of drug-likeness (QED) is 0.662. The summed E-state index contributed by atoms with van der Waals surface area (Å²) in [6.07, 6.45) is 1.16. The lowest BCUT2D eigenvalue weighted by Gasteiger charge is -2.07. The third-order valence-electron chi connectivity index (χ3n) is 2.33. The van der Waals surface area contributed by atoms with Crippen molar-refractivity contribution in [2.45, 2.75) is 4.90 Å². The fourth-order valence-corrected chi connectivity index (χ4v) is 2.47. The highest BCUT2D eigenvalue weighted by Gasteiger charge is 2.18. The number of anilines is 1. The minimum Gasteiger partial charge on any atom is -0.492 e. The monoisotopic (exact) mass is 282 g/mol. The Hall–Kier alpha value is -2.06. The maximum absolute atomic E-state index is 11.8. The van der Waals surface area contributed by atoms with Crippen molar-refractivity contribution in [2.75, 3.05) is 18.9 Å². The number of hydrogen-bond donors (Lipinski definition) is 3. The summed E-state index contributed by atoms with van der Waals surface area (Å²) in [5.41, 5.74) is 5.45. The van der Waals surface area contributed by atoms with Crippen molar-refractivity contribution >= 4 is 15.8 Å². The van der Waals surface area contributed by atoms with Crippen LogP contribution in [-0.4, -0.2) is 31.8 Å². The number of nitrogens with zero attached hydrogens (tertiary/aromatic N) is 1. The molecule has 0 amide bonds. The lowest BCUT2D eigenvalue weighted by molar-refractivity contribution is 0.323. The van der Waals surface area contributed by atoms with Gasteiger partial charge in [0.2, 0.25) is 10.0 Å². The summed E-state index contributed by atoms with van der Waals surface area (Å²) in [7, 11) is -3.65. The summed E-state index contributed by atoms with van der Waals surface area (Å²) >= 11 is 0. The number of aromatic amines is 1. The molecule has 0 atom stereocenters. The van der Waals surface area contributed by atoms with Crippen molar-refractivity contribution in [1.29, 1.82) is 0 Å². The van der Waals surface area contributed by atoms with Crippen LogP contribution in [0.15, 0.2) is 41.4 Å². The number of rotatable bonds is 6. The van der Waals surface area contributed by atoms with E-state index in [1.807, 2.05) is 18.2 Å². The Morgan fingerprint density at radius 2 is 2.05 bits per heavy atom. The molecule has 19 heavy (non-hydrogen) atoms. The van der Waals surface area contributed by atoms with Crippen molar-refractivity contribution in [3.05, 3.63) is 36.5 Å². The third-order valence-corrected chi connectivity index (χ3v) is 3.82. The highest BCUT2D eigenvalue weighted by atomic mass is 32.2. The van der Waals surface area contributed by atoms with Crippen LogP contribution < -0.4 is 15.2 Å². The number of nitrogens with one attached hydrogen (secondary N) is 2. The molecule has 0 bridgehead atoms. The van der Waals surface area contributed by atoms with E-state index < -0.39 is 10.0 Å². The van der Waals surface area contributed by atoms with E-state index in [-0.39, 0.29) is 23.9 Å². The van der Waals surface area contributed by atoms with Gasteiger partial charge < -0.3 is 10.5 Å². The number of aromatic nitrogens is 2. The molecular weight excluding hydrogens is 268 g/mol. The van der Waals surface area contributed by atoms with E-state index in [2.05, 4.69) is 14.9 Å². The van der Waals surface area contributed by atoms with Crippen molar-refractivity contribution < 1.29 is 13.2 Å². The second kappa shape index (κ2) is 5.72. The smallest absolute Gasteiger partial charge is 0.245 e. The number of H-pyrrole nitrogens is 1. The van der Waals surface area contributed by atoms with Crippen LogP contribution in [0.4, 0.5) is 5.82 Å². The van der Waals surface area contributed by atoms with E-state index in [1.54, 1.807) is 12.1 Å². The Bertz CT molecular complexity index is 624. The van der Waals surface area contributed by atoms with Crippen LogP contribution in [0, 0.1) is 0 Å². The fraction of sp³-hybridized carbons (Fsp3) is 0.182. The molecule has 0 aliphatic rings. The Morgan fingerprint density at radius 3 is 2.68 bits per heavy atom. The molecule has 0 radical (unpaired) electrons.